The van der Waals surface area contributed by atoms with Gasteiger partial charge in [-0.2, -0.15) is 5.10 Å². The van der Waals surface area contributed by atoms with Crippen LogP contribution in [0.15, 0.2) is 42.7 Å². The molecule has 92 valence electrons. The van der Waals surface area contributed by atoms with Crippen molar-refractivity contribution in [2.45, 2.75) is 12.8 Å². The van der Waals surface area contributed by atoms with Crippen molar-refractivity contribution in [2.24, 2.45) is 0 Å². The highest BCUT2D eigenvalue weighted by Gasteiger charge is 2.20. The van der Waals surface area contributed by atoms with Crippen LogP contribution in [0.1, 0.15) is 23.2 Å². The molecule has 1 fully saturated rings. The number of hydrogen-bond acceptors (Lipinski definition) is 2. The number of amides is 1. The second-order valence-corrected chi connectivity index (χ2v) is 4.51. The highest BCUT2D eigenvalue weighted by atomic mass is 16.2. The molecule has 1 aliphatic heterocycles. The molecule has 0 atom stereocenters. The maximum Gasteiger partial charge on any atom is 0.257 e. The molecule has 1 aliphatic rings. The quantitative estimate of drug-likeness (QED) is 0.807. The number of nitrogens with zero attached hydrogens (tertiary/aromatic N) is 3. The first-order chi connectivity index (χ1) is 8.84. The lowest BCUT2D eigenvalue weighted by atomic mass is 10.3. The zero-order chi connectivity index (χ0) is 12.4. The lowest BCUT2D eigenvalue weighted by Crippen LogP contribution is -2.27. The molecule has 1 aromatic carbocycles. The predicted octanol–water partition coefficient (Wildman–Crippen LogP) is 2.11. The molecule has 4 heteroatoms. The Morgan fingerprint density at radius 2 is 1.83 bits per heavy atom. The van der Waals surface area contributed by atoms with Gasteiger partial charge in [-0.25, -0.2) is 4.68 Å². The van der Waals surface area contributed by atoms with Crippen LogP contribution in [0.4, 0.5) is 0 Å². The average molecular weight is 241 g/mol. The summed E-state index contributed by atoms with van der Waals surface area (Å²) in [4.78, 5) is 14.1. The molecule has 3 rings (SSSR count). The Hall–Kier alpha value is -2.10. The van der Waals surface area contributed by atoms with Gasteiger partial charge in [0.15, 0.2) is 0 Å². The van der Waals surface area contributed by atoms with E-state index in [4.69, 9.17) is 0 Å². The monoisotopic (exact) mass is 241 g/mol. The van der Waals surface area contributed by atoms with Gasteiger partial charge in [0.2, 0.25) is 0 Å². The number of para-hydroxylation sites is 1. The first kappa shape index (κ1) is 11.0. The van der Waals surface area contributed by atoms with Crippen molar-refractivity contribution in [1.29, 1.82) is 0 Å². The molecule has 0 unspecified atom stereocenters. The zero-order valence-corrected chi connectivity index (χ0v) is 10.1. The second-order valence-electron chi connectivity index (χ2n) is 4.51. The molecule has 0 aliphatic carbocycles. The van der Waals surface area contributed by atoms with E-state index in [2.05, 4.69) is 5.10 Å². The molecule has 1 aromatic heterocycles. The maximum absolute atomic E-state index is 12.2. The number of carbonyl (C=O) groups excluding carboxylic acids is 1. The number of aromatic nitrogens is 2. The normalized spacial score (nSPS) is 15.0. The predicted molar refractivity (Wildman–Crippen MR) is 68.7 cm³/mol. The number of rotatable bonds is 2. The maximum atomic E-state index is 12.2. The highest BCUT2D eigenvalue weighted by molar-refractivity contribution is 5.94. The third-order valence-electron chi connectivity index (χ3n) is 3.24. The number of hydrogen-bond donors (Lipinski definition) is 0. The molecule has 18 heavy (non-hydrogen) atoms. The van der Waals surface area contributed by atoms with Crippen LogP contribution >= 0.6 is 0 Å². The zero-order valence-electron chi connectivity index (χ0n) is 10.1. The molecule has 4 nitrogen and oxygen atoms in total. The molecular formula is C14H15N3O. The van der Waals surface area contributed by atoms with Gasteiger partial charge in [0.05, 0.1) is 17.4 Å². The van der Waals surface area contributed by atoms with E-state index in [0.717, 1.165) is 31.6 Å². The fraction of sp³-hybridized carbons (Fsp3) is 0.286. The standard InChI is InChI=1S/C14H15N3O/c18-14(16-8-4-5-9-16)12-10-15-17(11-12)13-6-2-1-3-7-13/h1-3,6-7,10-11H,4-5,8-9H2. The summed E-state index contributed by atoms with van der Waals surface area (Å²) in [6.45, 7) is 1.74. The van der Waals surface area contributed by atoms with Crippen molar-refractivity contribution in [2.75, 3.05) is 13.1 Å². The molecule has 0 N–H and O–H groups in total. The van der Waals surface area contributed by atoms with Crippen LogP contribution in [0.25, 0.3) is 5.69 Å². The van der Waals surface area contributed by atoms with Crippen LogP contribution in [-0.4, -0.2) is 33.7 Å². The Kier molecular flexibility index (Phi) is 2.84. The van der Waals surface area contributed by atoms with E-state index in [1.807, 2.05) is 35.2 Å². The average Bonchev–Trinajstić information content (AvgIpc) is 3.10. The van der Waals surface area contributed by atoms with Gasteiger partial charge in [-0.05, 0) is 25.0 Å². The van der Waals surface area contributed by atoms with E-state index in [9.17, 15) is 4.79 Å². The smallest absolute Gasteiger partial charge is 0.257 e. The Balaban J connectivity index is 1.83. The van der Waals surface area contributed by atoms with E-state index in [1.54, 1.807) is 17.1 Å². The minimum absolute atomic E-state index is 0.0923. The van der Waals surface area contributed by atoms with E-state index in [-0.39, 0.29) is 5.91 Å². The highest BCUT2D eigenvalue weighted by Crippen LogP contribution is 2.14. The third-order valence-corrected chi connectivity index (χ3v) is 3.24. The summed E-state index contributed by atoms with van der Waals surface area (Å²) >= 11 is 0. The Labute approximate surface area is 106 Å². The topological polar surface area (TPSA) is 38.1 Å². The van der Waals surface area contributed by atoms with Crippen LogP contribution < -0.4 is 0 Å². The summed E-state index contributed by atoms with van der Waals surface area (Å²) in [5, 5.41) is 4.25. The minimum Gasteiger partial charge on any atom is -0.339 e. The van der Waals surface area contributed by atoms with Gasteiger partial charge in [0, 0.05) is 19.3 Å². The molecule has 0 bridgehead atoms. The van der Waals surface area contributed by atoms with Crippen LogP contribution in [0.3, 0.4) is 0 Å². The van der Waals surface area contributed by atoms with Crippen molar-refractivity contribution in [3.63, 3.8) is 0 Å². The molecule has 1 amide bonds. The summed E-state index contributed by atoms with van der Waals surface area (Å²) in [7, 11) is 0. The van der Waals surface area contributed by atoms with E-state index < -0.39 is 0 Å². The van der Waals surface area contributed by atoms with Gasteiger partial charge in [-0.15, -0.1) is 0 Å². The summed E-state index contributed by atoms with van der Waals surface area (Å²) in [6, 6.07) is 9.81. The lowest BCUT2D eigenvalue weighted by molar-refractivity contribution is 0.0793. The second kappa shape index (κ2) is 4.64. The van der Waals surface area contributed by atoms with Crippen molar-refractivity contribution in [3.05, 3.63) is 48.3 Å². The largest absolute Gasteiger partial charge is 0.339 e. The van der Waals surface area contributed by atoms with Crippen LogP contribution in [0.2, 0.25) is 0 Å². The summed E-state index contributed by atoms with van der Waals surface area (Å²) in [5.74, 6) is 0.0923. The first-order valence-electron chi connectivity index (χ1n) is 6.24. The summed E-state index contributed by atoms with van der Waals surface area (Å²) < 4.78 is 1.74. The minimum atomic E-state index is 0.0923. The molecule has 1 saturated heterocycles. The van der Waals surface area contributed by atoms with Crippen LogP contribution in [-0.2, 0) is 0 Å². The van der Waals surface area contributed by atoms with Gasteiger partial charge in [-0.1, -0.05) is 18.2 Å². The molecule has 0 saturated carbocycles. The molecule has 2 heterocycles. The molecule has 0 radical (unpaired) electrons. The first-order valence-corrected chi connectivity index (χ1v) is 6.24. The van der Waals surface area contributed by atoms with Gasteiger partial charge in [0.1, 0.15) is 0 Å². The van der Waals surface area contributed by atoms with Gasteiger partial charge >= 0.3 is 0 Å². The Bertz CT molecular complexity index is 541. The number of carbonyl (C=O) groups is 1. The van der Waals surface area contributed by atoms with Crippen LogP contribution in [0, 0.1) is 0 Å². The summed E-state index contributed by atoms with van der Waals surface area (Å²) in [6.07, 6.45) is 5.67. The van der Waals surface area contributed by atoms with E-state index >= 15 is 0 Å². The number of likely N-dealkylation sites (tertiary alicyclic amines) is 1. The third kappa shape index (κ3) is 2.01. The Morgan fingerprint density at radius 3 is 2.56 bits per heavy atom. The van der Waals surface area contributed by atoms with Crippen LogP contribution in [0.5, 0.6) is 0 Å². The van der Waals surface area contributed by atoms with Crippen molar-refractivity contribution < 1.29 is 4.79 Å². The SMILES string of the molecule is O=C(c1cnn(-c2ccccc2)c1)N1CCCC1. The number of benzene rings is 1. The molecule has 0 spiro atoms. The van der Waals surface area contributed by atoms with Crippen molar-refractivity contribution in [3.8, 4) is 5.69 Å². The van der Waals surface area contributed by atoms with Crippen molar-refractivity contribution >= 4 is 5.91 Å². The Morgan fingerprint density at radius 1 is 1.11 bits per heavy atom. The molecular weight excluding hydrogens is 226 g/mol. The molecule has 2 aromatic rings. The fourth-order valence-electron chi connectivity index (χ4n) is 2.26. The van der Waals surface area contributed by atoms with Gasteiger partial charge in [-0.3, -0.25) is 4.79 Å². The van der Waals surface area contributed by atoms with E-state index in [1.165, 1.54) is 0 Å². The van der Waals surface area contributed by atoms with Gasteiger partial charge < -0.3 is 4.90 Å². The lowest BCUT2D eigenvalue weighted by Gasteiger charge is -2.13. The summed E-state index contributed by atoms with van der Waals surface area (Å²) in [5.41, 5.74) is 1.64. The fourth-order valence-corrected chi connectivity index (χ4v) is 2.26. The van der Waals surface area contributed by atoms with Gasteiger partial charge in [0.25, 0.3) is 5.91 Å². The van der Waals surface area contributed by atoms with E-state index in [0.29, 0.717) is 5.56 Å². The van der Waals surface area contributed by atoms with Crippen molar-refractivity contribution in [1.82, 2.24) is 14.7 Å².